The van der Waals surface area contributed by atoms with Crippen LogP contribution in [-0.2, 0) is 9.53 Å². The fourth-order valence-corrected chi connectivity index (χ4v) is 4.49. The lowest BCUT2D eigenvalue weighted by atomic mass is 10.0. The summed E-state index contributed by atoms with van der Waals surface area (Å²) >= 11 is 1.42. The molecule has 27 heavy (non-hydrogen) atoms. The fourth-order valence-electron chi connectivity index (χ4n) is 3.34. The third kappa shape index (κ3) is 3.74. The molecule has 4 rings (SSSR count). The maximum atomic E-state index is 13.0. The van der Waals surface area contributed by atoms with E-state index in [1.54, 1.807) is 7.11 Å². The molecule has 144 valence electrons. The first-order chi connectivity index (χ1) is 13.2. The minimum Gasteiger partial charge on any atom is -0.497 e. The van der Waals surface area contributed by atoms with Crippen LogP contribution in [0.5, 0.6) is 5.75 Å². The maximum absolute atomic E-state index is 13.0. The van der Waals surface area contributed by atoms with E-state index in [4.69, 9.17) is 9.47 Å². The quantitative estimate of drug-likeness (QED) is 0.803. The van der Waals surface area contributed by atoms with Gasteiger partial charge in [0.05, 0.1) is 19.3 Å². The molecule has 0 bridgehead atoms. The van der Waals surface area contributed by atoms with Gasteiger partial charge >= 0.3 is 0 Å². The highest BCUT2D eigenvalue weighted by Gasteiger charge is 2.37. The van der Waals surface area contributed by atoms with Crippen molar-refractivity contribution in [3.05, 3.63) is 35.7 Å². The van der Waals surface area contributed by atoms with E-state index in [0.29, 0.717) is 11.7 Å². The zero-order chi connectivity index (χ0) is 18.8. The second kappa shape index (κ2) is 7.77. The van der Waals surface area contributed by atoms with Crippen LogP contribution in [0.15, 0.2) is 29.4 Å². The van der Waals surface area contributed by atoms with Crippen molar-refractivity contribution in [1.82, 2.24) is 20.2 Å². The number of amides is 1. The average molecular weight is 389 g/mol. The smallest absolute Gasteiger partial charge is 0.236 e. The summed E-state index contributed by atoms with van der Waals surface area (Å²) in [6, 6.07) is 7.53. The number of benzene rings is 1. The van der Waals surface area contributed by atoms with Crippen LogP contribution < -0.4 is 15.5 Å². The van der Waals surface area contributed by atoms with Gasteiger partial charge in [0.1, 0.15) is 16.8 Å². The van der Waals surface area contributed by atoms with Gasteiger partial charge in [-0.15, -0.1) is 10.2 Å². The number of ether oxygens (including phenoxy) is 2. The van der Waals surface area contributed by atoms with Gasteiger partial charge in [0.2, 0.25) is 11.1 Å². The Labute approximate surface area is 162 Å². The molecule has 0 radical (unpaired) electrons. The average Bonchev–Trinajstić information content (AvgIpc) is 3.35. The number of aromatic nitrogens is 3. The second-order valence-corrected chi connectivity index (χ2v) is 7.77. The van der Waals surface area contributed by atoms with Crippen LogP contribution in [0.1, 0.15) is 30.3 Å². The molecule has 1 aromatic heterocycles. The van der Waals surface area contributed by atoms with Gasteiger partial charge in [0, 0.05) is 13.2 Å². The summed E-state index contributed by atoms with van der Waals surface area (Å²) in [5.41, 5.74) is 4.40. The van der Waals surface area contributed by atoms with Crippen molar-refractivity contribution < 1.29 is 14.3 Å². The highest BCUT2D eigenvalue weighted by molar-refractivity contribution is 8.00. The Kier molecular flexibility index (Phi) is 5.22. The van der Waals surface area contributed by atoms with E-state index in [2.05, 4.69) is 20.9 Å². The number of fused-ring (bicyclic) bond motifs is 1. The first-order valence-corrected chi connectivity index (χ1v) is 9.92. The van der Waals surface area contributed by atoms with Crippen molar-refractivity contribution in [2.75, 3.05) is 25.7 Å². The number of thioether (sulfide) groups is 1. The molecule has 8 nitrogen and oxygen atoms in total. The zero-order valence-electron chi connectivity index (χ0n) is 15.3. The molecule has 1 saturated heterocycles. The number of hydrogen-bond donors (Lipinski definition) is 2. The summed E-state index contributed by atoms with van der Waals surface area (Å²) in [5.74, 6) is 1.51. The third-order valence-electron chi connectivity index (χ3n) is 4.86. The van der Waals surface area contributed by atoms with Gasteiger partial charge in [-0.25, -0.2) is 4.68 Å². The van der Waals surface area contributed by atoms with E-state index in [1.165, 1.54) is 11.8 Å². The van der Waals surface area contributed by atoms with Crippen molar-refractivity contribution in [3.8, 4) is 5.75 Å². The van der Waals surface area contributed by atoms with Gasteiger partial charge in [-0.2, -0.15) is 0 Å². The van der Waals surface area contributed by atoms with Crippen molar-refractivity contribution in [3.63, 3.8) is 0 Å². The maximum Gasteiger partial charge on any atom is 0.236 e. The molecular weight excluding hydrogens is 366 g/mol. The van der Waals surface area contributed by atoms with Gasteiger partial charge < -0.3 is 20.2 Å². The minimum absolute atomic E-state index is 0.0317. The highest BCUT2D eigenvalue weighted by atomic mass is 32.2. The third-order valence-corrected chi connectivity index (χ3v) is 6.07. The Hall–Kier alpha value is -2.26. The lowest BCUT2D eigenvalue weighted by Crippen LogP contribution is -2.45. The lowest BCUT2D eigenvalue weighted by molar-refractivity contribution is -0.121. The summed E-state index contributed by atoms with van der Waals surface area (Å²) in [5, 5.41) is 11.7. The Balaban J connectivity index is 1.56. The van der Waals surface area contributed by atoms with Crippen molar-refractivity contribution in [1.29, 1.82) is 0 Å². The summed E-state index contributed by atoms with van der Waals surface area (Å²) in [6.07, 6.45) is 2.16. The Morgan fingerprint density at radius 3 is 2.93 bits per heavy atom. The molecule has 0 saturated carbocycles. The van der Waals surface area contributed by atoms with Gasteiger partial charge in [-0.05, 0) is 37.5 Å². The largest absolute Gasteiger partial charge is 0.497 e. The normalized spacial score (nSPS) is 24.1. The molecule has 2 N–H and O–H groups in total. The number of carbonyl (C=O) groups is 1. The summed E-state index contributed by atoms with van der Waals surface area (Å²) in [4.78, 5) is 13.0. The van der Waals surface area contributed by atoms with E-state index in [1.807, 2.05) is 35.9 Å². The van der Waals surface area contributed by atoms with Gasteiger partial charge in [0.25, 0.3) is 0 Å². The monoisotopic (exact) mass is 389 g/mol. The number of methoxy groups -OCH3 is 1. The van der Waals surface area contributed by atoms with E-state index in [0.717, 1.165) is 36.6 Å². The van der Waals surface area contributed by atoms with Gasteiger partial charge in [-0.3, -0.25) is 4.79 Å². The first kappa shape index (κ1) is 18.1. The predicted octanol–water partition coefficient (Wildman–Crippen LogP) is 1.65. The van der Waals surface area contributed by atoms with Gasteiger partial charge in [0.15, 0.2) is 0 Å². The van der Waals surface area contributed by atoms with E-state index < -0.39 is 0 Å². The minimum atomic E-state index is -0.365. The molecule has 9 heteroatoms. The fraction of sp³-hybridized carbons (Fsp3) is 0.500. The SMILES string of the molecule is COc1ccc([C@@H]2Nn3c(C)nnc3S[C@@H]2C(=O)NC[C@H]2CCCO2)cc1. The summed E-state index contributed by atoms with van der Waals surface area (Å²) in [6.45, 7) is 3.20. The summed E-state index contributed by atoms with van der Waals surface area (Å²) in [7, 11) is 1.64. The van der Waals surface area contributed by atoms with E-state index in [9.17, 15) is 4.79 Å². The molecule has 1 fully saturated rings. The molecule has 2 aliphatic heterocycles. The molecule has 3 heterocycles. The molecule has 2 aromatic rings. The van der Waals surface area contributed by atoms with Crippen molar-refractivity contribution in [2.45, 2.75) is 42.3 Å². The van der Waals surface area contributed by atoms with Crippen molar-refractivity contribution >= 4 is 17.7 Å². The van der Waals surface area contributed by atoms with Crippen LogP contribution >= 0.6 is 11.8 Å². The number of aryl methyl sites for hydroxylation is 1. The van der Waals surface area contributed by atoms with Crippen LogP contribution in [0.2, 0.25) is 0 Å². The van der Waals surface area contributed by atoms with Crippen molar-refractivity contribution in [2.24, 2.45) is 0 Å². The van der Waals surface area contributed by atoms with Crippen LogP contribution in [-0.4, -0.2) is 52.4 Å². The molecule has 1 amide bonds. The Morgan fingerprint density at radius 2 is 2.22 bits per heavy atom. The molecule has 2 aliphatic rings. The number of hydrogen-bond acceptors (Lipinski definition) is 7. The number of rotatable bonds is 5. The molecule has 0 spiro atoms. The van der Waals surface area contributed by atoms with E-state index >= 15 is 0 Å². The molecular formula is C18H23N5O3S. The topological polar surface area (TPSA) is 90.3 Å². The van der Waals surface area contributed by atoms with Crippen LogP contribution in [0.25, 0.3) is 0 Å². The first-order valence-electron chi connectivity index (χ1n) is 9.04. The van der Waals surface area contributed by atoms with E-state index in [-0.39, 0.29) is 23.3 Å². The highest BCUT2D eigenvalue weighted by Crippen LogP contribution is 2.37. The summed E-state index contributed by atoms with van der Waals surface area (Å²) < 4.78 is 12.7. The molecule has 0 aliphatic carbocycles. The van der Waals surface area contributed by atoms with Crippen LogP contribution in [0.3, 0.4) is 0 Å². The second-order valence-electron chi connectivity index (χ2n) is 6.66. The molecule has 1 aromatic carbocycles. The van der Waals surface area contributed by atoms with Gasteiger partial charge in [-0.1, -0.05) is 23.9 Å². The molecule has 0 unspecified atom stereocenters. The molecule has 3 atom stereocenters. The zero-order valence-corrected chi connectivity index (χ0v) is 16.2. The number of nitrogens with zero attached hydrogens (tertiary/aromatic N) is 3. The number of carbonyl (C=O) groups excluding carboxylic acids is 1. The lowest BCUT2D eigenvalue weighted by Gasteiger charge is -2.33. The Morgan fingerprint density at radius 1 is 1.41 bits per heavy atom. The predicted molar refractivity (Wildman–Crippen MR) is 101 cm³/mol. The van der Waals surface area contributed by atoms with Crippen LogP contribution in [0, 0.1) is 6.92 Å². The Bertz CT molecular complexity index is 804. The van der Waals surface area contributed by atoms with Crippen LogP contribution in [0.4, 0.5) is 0 Å². The standard InChI is InChI=1S/C18H23N5O3S/c1-11-20-21-18-23(11)22-15(12-5-7-13(25-2)8-6-12)16(27-18)17(24)19-10-14-4-3-9-26-14/h5-8,14-16,22H,3-4,9-10H2,1-2H3,(H,19,24)/t14-,15+,16+/m1/s1. The number of nitrogens with one attached hydrogen (secondary N) is 2.